The minimum absolute atomic E-state index is 0.300. The number of esters is 1. The first-order valence-corrected chi connectivity index (χ1v) is 4.84. The van der Waals surface area contributed by atoms with Gasteiger partial charge in [-0.1, -0.05) is 13.8 Å². The maximum atomic E-state index is 11.7. The van der Waals surface area contributed by atoms with E-state index in [0.717, 1.165) is 0 Å². The Morgan fingerprint density at radius 2 is 2.36 bits per heavy atom. The predicted molar refractivity (Wildman–Crippen MR) is 53.6 cm³/mol. The van der Waals surface area contributed by atoms with Crippen LogP contribution in [0, 0.1) is 5.92 Å². The summed E-state index contributed by atoms with van der Waals surface area (Å²) in [4.78, 5) is 11.7. The molecular formula is C9H17N3O2. The maximum absolute atomic E-state index is 11.7. The summed E-state index contributed by atoms with van der Waals surface area (Å²) in [7, 11) is 0. The zero-order valence-corrected chi connectivity index (χ0v) is 8.83. The molecule has 0 aliphatic carbocycles. The molecule has 0 spiro atoms. The second-order valence-electron chi connectivity index (χ2n) is 3.74. The molecule has 1 aliphatic heterocycles. The van der Waals surface area contributed by atoms with Crippen molar-refractivity contribution in [1.82, 2.24) is 10.7 Å². The lowest BCUT2D eigenvalue weighted by Crippen LogP contribution is -2.58. The van der Waals surface area contributed by atoms with Crippen molar-refractivity contribution in [3.63, 3.8) is 0 Å². The van der Waals surface area contributed by atoms with E-state index in [2.05, 4.69) is 15.8 Å². The number of hydrogen-bond donors (Lipinski definition) is 2. The van der Waals surface area contributed by atoms with Crippen molar-refractivity contribution in [2.75, 3.05) is 6.61 Å². The normalized spacial score (nSPS) is 24.6. The van der Waals surface area contributed by atoms with Crippen LogP contribution in [0.5, 0.6) is 0 Å². The minimum atomic E-state index is -0.857. The lowest BCUT2D eigenvalue weighted by Gasteiger charge is -2.28. The van der Waals surface area contributed by atoms with Crippen LogP contribution in [0.2, 0.25) is 0 Å². The van der Waals surface area contributed by atoms with Gasteiger partial charge in [0.2, 0.25) is 5.66 Å². The number of hydrazone groups is 1. The number of carbonyl (C=O) groups is 1. The fourth-order valence-electron chi connectivity index (χ4n) is 1.48. The van der Waals surface area contributed by atoms with Crippen molar-refractivity contribution in [2.45, 2.75) is 32.9 Å². The predicted octanol–water partition coefficient (Wildman–Crippen LogP) is 0.428. The van der Waals surface area contributed by atoms with Crippen LogP contribution in [0.25, 0.3) is 0 Å². The van der Waals surface area contributed by atoms with Crippen molar-refractivity contribution in [1.29, 1.82) is 0 Å². The fraction of sp³-hybridized carbons (Fsp3) is 0.778. The molecule has 14 heavy (non-hydrogen) atoms. The van der Waals surface area contributed by atoms with Gasteiger partial charge in [-0.25, -0.2) is 4.79 Å². The fourth-order valence-corrected chi connectivity index (χ4v) is 1.48. The molecule has 0 aromatic carbocycles. The summed E-state index contributed by atoms with van der Waals surface area (Å²) in [6.07, 6.45) is 2.13. The first-order valence-electron chi connectivity index (χ1n) is 4.84. The van der Waals surface area contributed by atoms with Gasteiger partial charge in [0.05, 0.1) is 6.61 Å². The van der Waals surface area contributed by atoms with E-state index in [1.165, 1.54) is 6.34 Å². The Morgan fingerprint density at radius 1 is 1.64 bits per heavy atom. The van der Waals surface area contributed by atoms with Gasteiger partial charge in [0, 0.05) is 6.42 Å². The molecule has 5 nitrogen and oxygen atoms in total. The van der Waals surface area contributed by atoms with Gasteiger partial charge in [-0.15, -0.1) is 0 Å². The molecule has 0 aromatic heterocycles. The quantitative estimate of drug-likeness (QED) is 0.644. The molecule has 1 atom stereocenters. The van der Waals surface area contributed by atoms with Crippen LogP contribution in [-0.2, 0) is 9.53 Å². The molecule has 0 saturated heterocycles. The monoisotopic (exact) mass is 199 g/mol. The van der Waals surface area contributed by atoms with Crippen LogP contribution in [0.15, 0.2) is 5.10 Å². The highest BCUT2D eigenvalue weighted by Gasteiger charge is 2.42. The Hall–Kier alpha value is -1.26. The molecule has 1 unspecified atom stereocenters. The van der Waals surface area contributed by atoms with Crippen LogP contribution < -0.4 is 10.7 Å². The van der Waals surface area contributed by atoms with E-state index in [-0.39, 0.29) is 5.97 Å². The smallest absolute Gasteiger partial charge is 0.354 e. The molecule has 0 aromatic rings. The zero-order chi connectivity index (χ0) is 10.6. The lowest BCUT2D eigenvalue weighted by atomic mass is 9.98. The molecule has 0 radical (unpaired) electrons. The van der Waals surface area contributed by atoms with Gasteiger partial charge in [-0.05, 0) is 12.8 Å². The minimum Gasteiger partial charge on any atom is -0.463 e. The second-order valence-corrected chi connectivity index (χ2v) is 3.74. The van der Waals surface area contributed by atoms with E-state index in [1.807, 2.05) is 13.8 Å². The summed E-state index contributed by atoms with van der Waals surface area (Å²) in [5, 5.41) is 6.72. The average Bonchev–Trinajstić information content (AvgIpc) is 2.53. The van der Waals surface area contributed by atoms with Gasteiger partial charge in [0.15, 0.2) is 0 Å². The Morgan fingerprint density at radius 3 is 2.79 bits per heavy atom. The Bertz CT molecular complexity index is 230. The highest BCUT2D eigenvalue weighted by molar-refractivity contribution is 5.84. The van der Waals surface area contributed by atoms with Crippen molar-refractivity contribution in [2.24, 2.45) is 11.0 Å². The molecule has 0 amide bonds. The van der Waals surface area contributed by atoms with Crippen molar-refractivity contribution in [3.05, 3.63) is 0 Å². The molecule has 0 bridgehead atoms. The van der Waals surface area contributed by atoms with Crippen molar-refractivity contribution >= 4 is 12.3 Å². The average molecular weight is 199 g/mol. The summed E-state index contributed by atoms with van der Waals surface area (Å²) in [6.45, 7) is 6.25. The molecule has 0 saturated carbocycles. The molecule has 80 valence electrons. The third kappa shape index (κ3) is 2.16. The highest BCUT2D eigenvalue weighted by atomic mass is 16.5. The van der Waals surface area contributed by atoms with Crippen LogP contribution in [0.4, 0.5) is 0 Å². The SMILES string of the molecule is CCOC(=O)C1(CC(C)C)NC=NN1. The number of rotatable bonds is 4. The van der Waals surface area contributed by atoms with E-state index >= 15 is 0 Å². The molecule has 1 aliphatic rings. The number of ether oxygens (including phenoxy) is 1. The topological polar surface area (TPSA) is 62.7 Å². The Balaban J connectivity index is 2.67. The van der Waals surface area contributed by atoms with Gasteiger partial charge < -0.3 is 10.1 Å². The van der Waals surface area contributed by atoms with E-state index in [0.29, 0.717) is 18.9 Å². The van der Waals surface area contributed by atoms with Crippen molar-refractivity contribution in [3.8, 4) is 0 Å². The van der Waals surface area contributed by atoms with Crippen LogP contribution >= 0.6 is 0 Å². The molecule has 2 N–H and O–H groups in total. The first-order chi connectivity index (χ1) is 6.60. The highest BCUT2D eigenvalue weighted by Crippen LogP contribution is 2.17. The summed E-state index contributed by atoms with van der Waals surface area (Å²) < 4.78 is 4.99. The third-order valence-corrected chi connectivity index (χ3v) is 1.97. The Labute approximate surface area is 83.9 Å². The number of nitrogens with zero attached hydrogens (tertiary/aromatic N) is 1. The summed E-state index contributed by atoms with van der Waals surface area (Å²) >= 11 is 0. The Kier molecular flexibility index (Phi) is 3.33. The third-order valence-electron chi connectivity index (χ3n) is 1.97. The van der Waals surface area contributed by atoms with Gasteiger partial charge in [-0.2, -0.15) is 5.10 Å². The van der Waals surface area contributed by atoms with Crippen LogP contribution in [0.1, 0.15) is 27.2 Å². The van der Waals surface area contributed by atoms with E-state index in [9.17, 15) is 4.79 Å². The standard InChI is InChI=1S/C9H17N3O2/c1-4-14-8(13)9(5-7(2)3)10-6-11-12-9/h6-7,12H,4-5H2,1-3H3,(H,10,11). The molecule has 1 heterocycles. The zero-order valence-electron chi connectivity index (χ0n) is 8.83. The first kappa shape index (κ1) is 10.8. The molecule has 1 rings (SSSR count). The molecule has 5 heteroatoms. The van der Waals surface area contributed by atoms with Gasteiger partial charge in [-0.3, -0.25) is 5.43 Å². The second kappa shape index (κ2) is 4.30. The van der Waals surface area contributed by atoms with Gasteiger partial charge in [0.1, 0.15) is 6.34 Å². The van der Waals surface area contributed by atoms with E-state index in [4.69, 9.17) is 4.74 Å². The summed E-state index contributed by atoms with van der Waals surface area (Å²) in [6, 6.07) is 0. The molecule has 0 fully saturated rings. The maximum Gasteiger partial charge on any atom is 0.354 e. The lowest BCUT2D eigenvalue weighted by molar-refractivity contribution is -0.152. The number of nitrogens with one attached hydrogen (secondary N) is 2. The summed E-state index contributed by atoms with van der Waals surface area (Å²) in [5.74, 6) is 0.0762. The number of hydrogen-bond acceptors (Lipinski definition) is 5. The van der Waals surface area contributed by atoms with E-state index < -0.39 is 5.66 Å². The van der Waals surface area contributed by atoms with Crippen LogP contribution in [-0.4, -0.2) is 24.6 Å². The van der Waals surface area contributed by atoms with Crippen molar-refractivity contribution < 1.29 is 9.53 Å². The van der Waals surface area contributed by atoms with Gasteiger partial charge >= 0.3 is 5.97 Å². The summed E-state index contributed by atoms with van der Waals surface area (Å²) in [5.41, 5.74) is 1.91. The van der Waals surface area contributed by atoms with Gasteiger partial charge in [0.25, 0.3) is 0 Å². The number of carbonyl (C=O) groups excluding carboxylic acids is 1. The molecular weight excluding hydrogens is 182 g/mol. The van der Waals surface area contributed by atoms with Crippen LogP contribution in [0.3, 0.4) is 0 Å². The van der Waals surface area contributed by atoms with E-state index in [1.54, 1.807) is 6.92 Å². The largest absolute Gasteiger partial charge is 0.463 e.